The van der Waals surface area contributed by atoms with Crippen LogP contribution in [0.3, 0.4) is 0 Å². The van der Waals surface area contributed by atoms with Gasteiger partial charge in [0.05, 0.1) is 17.0 Å². The van der Waals surface area contributed by atoms with Gasteiger partial charge in [-0.15, -0.1) is 0 Å². The minimum atomic E-state index is -3.56. The highest BCUT2D eigenvalue weighted by molar-refractivity contribution is 7.92. The molecule has 2 heterocycles. The Morgan fingerprint density at radius 2 is 2.00 bits per heavy atom. The van der Waals surface area contributed by atoms with E-state index in [9.17, 15) is 8.42 Å². The van der Waals surface area contributed by atoms with Gasteiger partial charge in [0.2, 0.25) is 16.0 Å². The number of oxazole rings is 1. The van der Waals surface area contributed by atoms with Gasteiger partial charge in [-0.1, -0.05) is 30.1 Å². The van der Waals surface area contributed by atoms with E-state index >= 15 is 0 Å². The van der Waals surface area contributed by atoms with E-state index in [0.717, 1.165) is 12.7 Å². The number of anilines is 2. The summed E-state index contributed by atoms with van der Waals surface area (Å²) in [7, 11) is -3.56. The van der Waals surface area contributed by atoms with E-state index in [-0.39, 0.29) is 21.7 Å². The Hall–Kier alpha value is -2.36. The van der Waals surface area contributed by atoms with E-state index in [1.807, 2.05) is 6.92 Å². The number of rotatable bonds is 6. The second-order valence-corrected chi connectivity index (χ2v) is 8.59. The highest BCUT2D eigenvalue weighted by Crippen LogP contribution is 2.41. The zero-order chi connectivity index (χ0) is 20.5. The number of nitrogens with two attached hydrogens (primary N) is 1. The summed E-state index contributed by atoms with van der Waals surface area (Å²) in [6.45, 7) is 1.99. The van der Waals surface area contributed by atoms with E-state index in [2.05, 4.69) is 19.7 Å². The van der Waals surface area contributed by atoms with Crippen molar-refractivity contribution in [2.75, 3.05) is 16.7 Å². The fraction of sp³-hybridized carbons (Fsp3) is 0.235. The zero-order valence-electron chi connectivity index (χ0n) is 15.0. The van der Waals surface area contributed by atoms with Crippen LogP contribution in [0.4, 0.5) is 11.6 Å². The van der Waals surface area contributed by atoms with E-state index in [4.69, 9.17) is 33.4 Å². The monoisotopic (exact) mass is 441 g/mol. The minimum absolute atomic E-state index is 0.0773. The van der Waals surface area contributed by atoms with E-state index < -0.39 is 10.0 Å². The highest BCUT2D eigenvalue weighted by atomic mass is 35.5. The van der Waals surface area contributed by atoms with E-state index in [1.165, 1.54) is 12.3 Å². The summed E-state index contributed by atoms with van der Waals surface area (Å²) in [6, 6.07) is 4.63. The largest absolute Gasteiger partial charge is 0.438 e. The van der Waals surface area contributed by atoms with Crippen molar-refractivity contribution < 1.29 is 12.8 Å². The molecule has 0 fully saturated rings. The molecule has 0 saturated heterocycles. The number of aromatic nitrogens is 3. The number of hydrogen-bond donors (Lipinski definition) is 2. The van der Waals surface area contributed by atoms with Crippen LogP contribution >= 0.6 is 23.2 Å². The van der Waals surface area contributed by atoms with Crippen LogP contribution in [0.15, 0.2) is 28.8 Å². The second kappa shape index (κ2) is 7.94. The molecule has 0 aliphatic rings. The van der Waals surface area contributed by atoms with Gasteiger partial charge in [0.1, 0.15) is 11.4 Å². The first-order valence-corrected chi connectivity index (χ1v) is 10.9. The third-order valence-electron chi connectivity index (χ3n) is 3.63. The fourth-order valence-corrected chi connectivity index (χ4v) is 3.66. The minimum Gasteiger partial charge on any atom is -0.438 e. The molecule has 3 N–H and O–H groups in total. The first-order chi connectivity index (χ1) is 13.2. The highest BCUT2D eigenvalue weighted by Gasteiger charge is 2.23. The molecule has 0 atom stereocenters. The predicted molar refractivity (Wildman–Crippen MR) is 110 cm³/mol. The van der Waals surface area contributed by atoms with Gasteiger partial charge in [-0.2, -0.15) is 0 Å². The molecule has 8 nitrogen and oxygen atoms in total. The standard InChI is InChI=1S/C17H17Cl2N5O3S/c1-3-4-13-23-15(16(27-13)11-5-6-21-17(20)22-11)10-7-9(18)8-12(14(10)19)24-28(2,25)26/h5-8,24H,3-4H2,1-2H3,(H2,20,21,22). The van der Waals surface area contributed by atoms with Crippen molar-refractivity contribution in [3.63, 3.8) is 0 Å². The number of sulfonamides is 1. The Morgan fingerprint density at radius 1 is 1.25 bits per heavy atom. The lowest BCUT2D eigenvalue weighted by Gasteiger charge is -2.11. The Morgan fingerprint density at radius 3 is 2.64 bits per heavy atom. The Labute approximate surface area is 172 Å². The summed E-state index contributed by atoms with van der Waals surface area (Å²) in [5, 5.41) is 0.410. The normalized spacial score (nSPS) is 11.6. The second-order valence-electron chi connectivity index (χ2n) is 6.02. The number of hydrogen-bond acceptors (Lipinski definition) is 7. The lowest BCUT2D eigenvalue weighted by molar-refractivity contribution is 0.501. The van der Waals surface area contributed by atoms with Crippen molar-refractivity contribution >= 4 is 44.9 Å². The van der Waals surface area contributed by atoms with E-state index in [0.29, 0.717) is 35.0 Å². The molecule has 3 rings (SSSR count). The summed E-state index contributed by atoms with van der Waals surface area (Å²) >= 11 is 12.7. The molecule has 0 saturated carbocycles. The predicted octanol–water partition coefficient (Wildman–Crippen LogP) is 4.01. The third kappa shape index (κ3) is 4.54. The van der Waals surface area contributed by atoms with Crippen molar-refractivity contribution in [2.24, 2.45) is 0 Å². The molecule has 0 aliphatic heterocycles. The molecule has 0 unspecified atom stereocenters. The van der Waals surface area contributed by atoms with Crippen LogP contribution in [0.1, 0.15) is 19.2 Å². The molecule has 1 aromatic carbocycles. The number of nitrogen functional groups attached to an aromatic ring is 1. The first kappa shape index (κ1) is 20.4. The Balaban J connectivity index is 2.23. The molecule has 0 spiro atoms. The van der Waals surface area contributed by atoms with E-state index in [1.54, 1.807) is 12.1 Å². The molecule has 28 heavy (non-hydrogen) atoms. The van der Waals surface area contributed by atoms with Crippen LogP contribution in [0.5, 0.6) is 0 Å². The summed E-state index contributed by atoms with van der Waals surface area (Å²) in [4.78, 5) is 12.6. The van der Waals surface area contributed by atoms with Crippen molar-refractivity contribution in [2.45, 2.75) is 19.8 Å². The SMILES string of the molecule is CCCc1nc(-c2cc(Cl)cc(NS(C)(=O)=O)c2Cl)c(-c2ccnc(N)n2)o1. The molecule has 0 aliphatic carbocycles. The number of nitrogens with one attached hydrogen (secondary N) is 1. The Kier molecular flexibility index (Phi) is 5.78. The van der Waals surface area contributed by atoms with Gasteiger partial charge in [-0.05, 0) is 24.6 Å². The fourth-order valence-electron chi connectivity index (χ4n) is 2.58. The average molecular weight is 442 g/mol. The lowest BCUT2D eigenvalue weighted by Crippen LogP contribution is -2.10. The summed E-state index contributed by atoms with van der Waals surface area (Å²) in [5.74, 6) is 0.902. The third-order valence-corrected chi connectivity index (χ3v) is 4.85. The maximum atomic E-state index is 11.6. The van der Waals surface area contributed by atoms with Gasteiger partial charge in [0, 0.05) is 23.2 Å². The summed E-state index contributed by atoms with van der Waals surface area (Å²) in [5.41, 5.74) is 7.03. The maximum absolute atomic E-state index is 11.6. The number of halogens is 2. The van der Waals surface area contributed by atoms with Crippen molar-refractivity contribution in [3.05, 3.63) is 40.3 Å². The molecule has 11 heteroatoms. The molecular formula is C17H17Cl2N5O3S. The van der Waals surface area contributed by atoms with Crippen molar-refractivity contribution in [1.29, 1.82) is 0 Å². The van der Waals surface area contributed by atoms with Gasteiger partial charge in [-0.25, -0.2) is 23.4 Å². The molecule has 0 radical (unpaired) electrons. The summed E-state index contributed by atoms with van der Waals surface area (Å²) in [6.07, 6.45) is 3.93. The van der Waals surface area contributed by atoms with Gasteiger partial charge >= 0.3 is 0 Å². The molecule has 3 aromatic rings. The first-order valence-electron chi connectivity index (χ1n) is 8.23. The van der Waals surface area contributed by atoms with Crippen LogP contribution in [0, 0.1) is 0 Å². The Bertz CT molecular complexity index is 1130. The van der Waals surface area contributed by atoms with Crippen LogP contribution in [0.25, 0.3) is 22.7 Å². The maximum Gasteiger partial charge on any atom is 0.229 e. The van der Waals surface area contributed by atoms with Crippen LogP contribution < -0.4 is 10.5 Å². The molecule has 0 bridgehead atoms. The topological polar surface area (TPSA) is 124 Å². The lowest BCUT2D eigenvalue weighted by atomic mass is 10.1. The number of nitrogens with zero attached hydrogens (tertiary/aromatic N) is 3. The van der Waals surface area contributed by atoms with Crippen molar-refractivity contribution in [1.82, 2.24) is 15.0 Å². The van der Waals surface area contributed by atoms with Gasteiger partial charge in [-0.3, -0.25) is 4.72 Å². The molecule has 0 amide bonds. The van der Waals surface area contributed by atoms with Crippen molar-refractivity contribution in [3.8, 4) is 22.7 Å². The number of aryl methyl sites for hydroxylation is 1. The molecule has 148 valence electrons. The van der Waals surface area contributed by atoms with Gasteiger partial charge in [0.15, 0.2) is 11.7 Å². The average Bonchev–Trinajstić information content (AvgIpc) is 3.00. The van der Waals surface area contributed by atoms with Crippen LogP contribution in [0.2, 0.25) is 10.0 Å². The molecule has 2 aromatic heterocycles. The summed E-state index contributed by atoms with van der Waals surface area (Å²) < 4.78 is 31.5. The van der Waals surface area contributed by atoms with Gasteiger partial charge < -0.3 is 10.2 Å². The van der Waals surface area contributed by atoms with Crippen LogP contribution in [-0.4, -0.2) is 29.6 Å². The zero-order valence-corrected chi connectivity index (χ0v) is 17.4. The molecular weight excluding hydrogens is 425 g/mol. The quantitative estimate of drug-likeness (QED) is 0.591. The number of benzene rings is 1. The smallest absolute Gasteiger partial charge is 0.229 e. The van der Waals surface area contributed by atoms with Crippen LogP contribution in [-0.2, 0) is 16.4 Å². The van der Waals surface area contributed by atoms with Gasteiger partial charge in [0.25, 0.3) is 0 Å².